The number of benzene rings is 2. The van der Waals surface area contributed by atoms with Crippen LogP contribution in [-0.4, -0.2) is 26.9 Å². The third kappa shape index (κ3) is 4.52. The first-order valence-corrected chi connectivity index (χ1v) is 10.3. The Hall–Kier alpha value is -2.78. The van der Waals surface area contributed by atoms with Gasteiger partial charge in [-0.05, 0) is 44.5 Å². The van der Waals surface area contributed by atoms with Crippen LogP contribution in [0.3, 0.4) is 0 Å². The second kappa shape index (κ2) is 8.93. The fourth-order valence-electron chi connectivity index (χ4n) is 2.76. The molecule has 30 heavy (non-hydrogen) atoms. The molecule has 0 N–H and O–H groups in total. The van der Waals surface area contributed by atoms with Gasteiger partial charge in [0.1, 0.15) is 5.82 Å². The molecule has 156 valence electrons. The minimum Gasteiger partial charge on any atom is -0.483 e. The molecule has 3 aromatic rings. The average molecular weight is 494 g/mol. The molecule has 0 amide bonds. The van der Waals surface area contributed by atoms with Crippen molar-refractivity contribution < 1.29 is 9.66 Å². The summed E-state index contributed by atoms with van der Waals surface area (Å²) >= 11 is 9.41. The largest absolute Gasteiger partial charge is 0.483 e. The van der Waals surface area contributed by atoms with Crippen molar-refractivity contribution in [3.63, 3.8) is 0 Å². The summed E-state index contributed by atoms with van der Waals surface area (Å²) < 4.78 is 7.65. The lowest BCUT2D eigenvalue weighted by Gasteiger charge is -2.15. The average Bonchev–Trinajstić information content (AvgIpc) is 2.69. The molecule has 0 aliphatic heterocycles. The predicted molar refractivity (Wildman–Crippen MR) is 120 cm³/mol. The standard InChI is InChI=1S/C20H18BrClN4O4/c1-4-11(2)30-19-13(7-15(22)9-18(19)26(28)29)10-23-25-12(3)24-17-6-5-14(21)8-16(17)20(25)27/h5-11H,4H2,1-3H3/t11-/m0/s1. The molecular formula is C20H18BrClN4O4. The van der Waals surface area contributed by atoms with Crippen LogP contribution in [0.25, 0.3) is 10.9 Å². The van der Waals surface area contributed by atoms with E-state index in [1.165, 1.54) is 18.3 Å². The molecule has 0 spiro atoms. The highest BCUT2D eigenvalue weighted by Gasteiger charge is 2.22. The molecule has 10 heteroatoms. The van der Waals surface area contributed by atoms with Crippen LogP contribution in [0.4, 0.5) is 5.69 Å². The summed E-state index contributed by atoms with van der Waals surface area (Å²) in [5.74, 6) is 0.414. The highest BCUT2D eigenvalue weighted by molar-refractivity contribution is 9.10. The van der Waals surface area contributed by atoms with E-state index in [1.807, 2.05) is 6.92 Å². The Bertz CT molecular complexity index is 1230. The van der Waals surface area contributed by atoms with E-state index in [1.54, 1.807) is 32.0 Å². The number of rotatable bonds is 6. The van der Waals surface area contributed by atoms with Gasteiger partial charge in [0.2, 0.25) is 5.75 Å². The van der Waals surface area contributed by atoms with Crippen molar-refractivity contribution in [3.8, 4) is 5.75 Å². The van der Waals surface area contributed by atoms with Crippen LogP contribution in [0.1, 0.15) is 31.7 Å². The monoisotopic (exact) mass is 492 g/mol. The molecule has 1 aromatic heterocycles. The molecule has 0 fully saturated rings. The molecule has 2 aromatic carbocycles. The zero-order valence-corrected chi connectivity index (χ0v) is 18.8. The van der Waals surface area contributed by atoms with Crippen LogP contribution in [-0.2, 0) is 0 Å². The highest BCUT2D eigenvalue weighted by atomic mass is 79.9. The van der Waals surface area contributed by atoms with Gasteiger partial charge >= 0.3 is 5.69 Å². The predicted octanol–water partition coefficient (Wildman–Crippen LogP) is 5.09. The highest BCUT2D eigenvalue weighted by Crippen LogP contribution is 2.34. The van der Waals surface area contributed by atoms with E-state index in [4.69, 9.17) is 16.3 Å². The number of nitro groups is 1. The maximum atomic E-state index is 12.9. The van der Waals surface area contributed by atoms with Crippen molar-refractivity contribution in [3.05, 3.63) is 71.7 Å². The molecule has 0 unspecified atom stereocenters. The molecule has 1 heterocycles. The minimum absolute atomic E-state index is 0.0460. The summed E-state index contributed by atoms with van der Waals surface area (Å²) in [6, 6.07) is 7.92. The Balaban J connectivity index is 2.16. The lowest BCUT2D eigenvalue weighted by molar-refractivity contribution is -0.386. The van der Waals surface area contributed by atoms with E-state index in [-0.39, 0.29) is 33.7 Å². The summed E-state index contributed by atoms with van der Waals surface area (Å²) in [7, 11) is 0. The van der Waals surface area contributed by atoms with Crippen molar-refractivity contribution >= 4 is 50.3 Å². The van der Waals surface area contributed by atoms with Crippen LogP contribution in [0.5, 0.6) is 5.75 Å². The lowest BCUT2D eigenvalue weighted by atomic mass is 10.1. The quantitative estimate of drug-likeness (QED) is 0.270. The van der Waals surface area contributed by atoms with E-state index in [0.717, 1.165) is 9.15 Å². The Morgan fingerprint density at radius 2 is 2.13 bits per heavy atom. The van der Waals surface area contributed by atoms with Crippen molar-refractivity contribution in [1.82, 2.24) is 9.66 Å². The Morgan fingerprint density at radius 3 is 2.80 bits per heavy atom. The first kappa shape index (κ1) is 21.9. The second-order valence-electron chi connectivity index (χ2n) is 6.62. The van der Waals surface area contributed by atoms with E-state index in [0.29, 0.717) is 23.1 Å². The van der Waals surface area contributed by atoms with Crippen molar-refractivity contribution in [2.24, 2.45) is 5.10 Å². The van der Waals surface area contributed by atoms with Crippen molar-refractivity contribution in [2.45, 2.75) is 33.3 Å². The van der Waals surface area contributed by atoms with Crippen LogP contribution in [0.15, 0.2) is 44.7 Å². The van der Waals surface area contributed by atoms with Crippen LogP contribution in [0, 0.1) is 17.0 Å². The van der Waals surface area contributed by atoms with Crippen LogP contribution in [0.2, 0.25) is 5.02 Å². The summed E-state index contributed by atoms with van der Waals surface area (Å²) in [6.07, 6.45) is 1.70. The van der Waals surface area contributed by atoms with Gasteiger partial charge in [-0.25, -0.2) is 4.98 Å². The number of hydrogen-bond acceptors (Lipinski definition) is 6. The van der Waals surface area contributed by atoms with E-state index in [2.05, 4.69) is 26.0 Å². The number of aryl methyl sites for hydroxylation is 1. The molecule has 0 aliphatic rings. The van der Waals surface area contributed by atoms with E-state index < -0.39 is 4.92 Å². The molecule has 0 bridgehead atoms. The number of halogens is 2. The summed E-state index contributed by atoms with van der Waals surface area (Å²) in [5.41, 5.74) is 0.200. The van der Waals surface area contributed by atoms with Gasteiger partial charge in [0.15, 0.2) is 0 Å². The number of hydrogen-bond donors (Lipinski definition) is 0. The maximum absolute atomic E-state index is 12.9. The van der Waals surface area contributed by atoms with Crippen LogP contribution >= 0.6 is 27.5 Å². The molecule has 8 nitrogen and oxygen atoms in total. The zero-order chi connectivity index (χ0) is 22.0. The Kier molecular flexibility index (Phi) is 6.52. The van der Waals surface area contributed by atoms with Gasteiger partial charge in [0.05, 0.1) is 28.1 Å². The molecule has 0 aliphatic carbocycles. The molecule has 0 saturated carbocycles. The summed E-state index contributed by atoms with van der Waals surface area (Å²) in [6.45, 7) is 5.36. The number of aromatic nitrogens is 2. The van der Waals surface area contributed by atoms with Crippen molar-refractivity contribution in [2.75, 3.05) is 0 Å². The van der Waals surface area contributed by atoms with E-state index >= 15 is 0 Å². The van der Waals surface area contributed by atoms with E-state index in [9.17, 15) is 14.9 Å². The second-order valence-corrected chi connectivity index (χ2v) is 7.97. The van der Waals surface area contributed by atoms with Gasteiger partial charge in [-0.3, -0.25) is 14.9 Å². The van der Waals surface area contributed by atoms with Gasteiger partial charge in [-0.15, -0.1) is 0 Å². The van der Waals surface area contributed by atoms with Gasteiger partial charge < -0.3 is 4.74 Å². The molecule has 0 saturated heterocycles. The SMILES string of the molecule is CC[C@H](C)Oc1c(C=Nn2c(C)nc3ccc(Br)cc3c2=O)cc(Cl)cc1[N+](=O)[O-]. The topological polar surface area (TPSA) is 99.6 Å². The smallest absolute Gasteiger partial charge is 0.313 e. The Labute approximate surface area is 185 Å². The van der Waals surface area contributed by atoms with Crippen molar-refractivity contribution in [1.29, 1.82) is 0 Å². The molecule has 1 atom stereocenters. The zero-order valence-electron chi connectivity index (χ0n) is 16.4. The first-order valence-electron chi connectivity index (χ1n) is 9.09. The van der Waals surface area contributed by atoms with Gasteiger partial charge in [0.25, 0.3) is 5.56 Å². The van der Waals surface area contributed by atoms with Gasteiger partial charge in [0, 0.05) is 21.1 Å². The molecule has 0 radical (unpaired) electrons. The van der Waals surface area contributed by atoms with Crippen LogP contribution < -0.4 is 10.3 Å². The summed E-state index contributed by atoms with van der Waals surface area (Å²) in [4.78, 5) is 28.2. The lowest BCUT2D eigenvalue weighted by Crippen LogP contribution is -2.20. The molecule has 3 rings (SSSR count). The number of nitro benzene ring substituents is 1. The molecular weight excluding hydrogens is 476 g/mol. The minimum atomic E-state index is -0.562. The third-order valence-electron chi connectivity index (χ3n) is 4.44. The fourth-order valence-corrected chi connectivity index (χ4v) is 3.34. The summed E-state index contributed by atoms with van der Waals surface area (Å²) in [5, 5.41) is 16.3. The number of fused-ring (bicyclic) bond motifs is 1. The Morgan fingerprint density at radius 1 is 1.40 bits per heavy atom. The van der Waals surface area contributed by atoms with Gasteiger partial charge in [-0.1, -0.05) is 34.5 Å². The third-order valence-corrected chi connectivity index (χ3v) is 5.15. The fraction of sp³-hybridized carbons (Fsp3) is 0.250. The number of nitrogens with zero attached hydrogens (tertiary/aromatic N) is 4. The first-order chi connectivity index (χ1) is 14.2. The number of ether oxygens (including phenoxy) is 1. The maximum Gasteiger partial charge on any atom is 0.313 e. The normalized spacial score (nSPS) is 12.4. The van der Waals surface area contributed by atoms with Gasteiger partial charge in [-0.2, -0.15) is 9.78 Å².